The molecule has 0 bridgehead atoms. The fourth-order valence-corrected chi connectivity index (χ4v) is 2.58. The third-order valence-corrected chi connectivity index (χ3v) is 4.12. The van der Waals surface area contributed by atoms with Gasteiger partial charge in [-0.25, -0.2) is 4.79 Å². The molecule has 29 heavy (non-hydrogen) atoms. The maximum Gasteiger partial charge on any atom is 0.338 e. The number of ether oxygens (including phenoxy) is 2. The average molecular weight is 409 g/mol. The molecule has 0 N–H and O–H groups in total. The van der Waals surface area contributed by atoms with Crippen molar-refractivity contribution in [3.05, 3.63) is 98.6 Å². The Hall–Kier alpha value is -3.89. The molecular formula is C21H13ClN2O5. The molecule has 0 spiro atoms. The highest BCUT2D eigenvalue weighted by Crippen LogP contribution is 2.33. The van der Waals surface area contributed by atoms with Crippen molar-refractivity contribution < 1.29 is 19.2 Å². The van der Waals surface area contributed by atoms with Crippen molar-refractivity contribution in [2.45, 2.75) is 6.61 Å². The van der Waals surface area contributed by atoms with Crippen molar-refractivity contribution >= 4 is 23.3 Å². The van der Waals surface area contributed by atoms with Crippen LogP contribution in [-0.2, 0) is 11.3 Å². The lowest BCUT2D eigenvalue weighted by Gasteiger charge is -2.08. The molecule has 0 aliphatic rings. The molecule has 0 aromatic heterocycles. The first-order valence-electron chi connectivity index (χ1n) is 8.34. The maximum absolute atomic E-state index is 12.2. The van der Waals surface area contributed by atoms with E-state index in [2.05, 4.69) is 0 Å². The van der Waals surface area contributed by atoms with Crippen LogP contribution in [0.4, 0.5) is 5.69 Å². The number of nitro groups is 1. The Bertz CT molecular complexity index is 1090. The van der Waals surface area contributed by atoms with Crippen molar-refractivity contribution in [2.75, 3.05) is 0 Å². The third-order valence-electron chi connectivity index (χ3n) is 3.89. The second-order valence-corrected chi connectivity index (χ2v) is 6.32. The minimum atomic E-state index is -0.587. The van der Waals surface area contributed by atoms with Gasteiger partial charge in [0.25, 0.3) is 0 Å². The number of carbonyl (C=O) groups excluding carboxylic acids is 1. The van der Waals surface area contributed by atoms with Gasteiger partial charge in [0.2, 0.25) is 5.75 Å². The quantitative estimate of drug-likeness (QED) is 0.312. The smallest absolute Gasteiger partial charge is 0.338 e. The molecule has 3 rings (SSSR count). The molecule has 0 unspecified atom stereocenters. The Balaban J connectivity index is 1.64. The van der Waals surface area contributed by atoms with Gasteiger partial charge >= 0.3 is 11.7 Å². The molecule has 0 atom stereocenters. The largest absolute Gasteiger partial charge is 0.457 e. The number of hydrogen-bond acceptors (Lipinski definition) is 6. The topological polar surface area (TPSA) is 102 Å². The highest BCUT2D eigenvalue weighted by atomic mass is 35.5. The zero-order chi connectivity index (χ0) is 20.8. The number of nitriles is 1. The van der Waals surface area contributed by atoms with E-state index in [1.807, 2.05) is 6.07 Å². The summed E-state index contributed by atoms with van der Waals surface area (Å²) in [5.74, 6) is -0.173. The maximum atomic E-state index is 12.2. The molecule has 0 fully saturated rings. The molecule has 8 heteroatoms. The van der Waals surface area contributed by atoms with Crippen LogP contribution in [-0.4, -0.2) is 10.9 Å². The van der Waals surface area contributed by atoms with Gasteiger partial charge in [0.15, 0.2) is 0 Å². The van der Waals surface area contributed by atoms with E-state index in [1.165, 1.54) is 42.5 Å². The minimum Gasteiger partial charge on any atom is -0.457 e. The molecular weight excluding hydrogens is 396 g/mol. The van der Waals surface area contributed by atoms with Crippen molar-refractivity contribution in [3.8, 4) is 17.6 Å². The average Bonchev–Trinajstić information content (AvgIpc) is 2.74. The zero-order valence-electron chi connectivity index (χ0n) is 14.9. The summed E-state index contributed by atoms with van der Waals surface area (Å²) < 4.78 is 10.8. The summed E-state index contributed by atoms with van der Waals surface area (Å²) in [6.07, 6.45) is 0. The van der Waals surface area contributed by atoms with Crippen LogP contribution in [0.1, 0.15) is 21.5 Å². The summed E-state index contributed by atoms with van der Waals surface area (Å²) in [4.78, 5) is 22.7. The molecule has 3 aromatic carbocycles. The molecule has 0 aliphatic carbocycles. The van der Waals surface area contributed by atoms with Gasteiger partial charge < -0.3 is 9.47 Å². The predicted octanol–water partition coefficient (Wildman–Crippen LogP) is 5.27. The Morgan fingerprint density at radius 2 is 1.76 bits per heavy atom. The van der Waals surface area contributed by atoms with Crippen molar-refractivity contribution in [1.29, 1.82) is 5.26 Å². The monoisotopic (exact) mass is 408 g/mol. The lowest BCUT2D eigenvalue weighted by atomic mass is 10.1. The molecule has 0 heterocycles. The first-order valence-corrected chi connectivity index (χ1v) is 8.72. The van der Waals surface area contributed by atoms with E-state index in [9.17, 15) is 14.9 Å². The molecule has 0 saturated carbocycles. The molecule has 144 valence electrons. The number of rotatable bonds is 6. The second kappa shape index (κ2) is 8.87. The van der Waals surface area contributed by atoms with Gasteiger partial charge in [-0.15, -0.1) is 0 Å². The van der Waals surface area contributed by atoms with Gasteiger partial charge in [0, 0.05) is 11.1 Å². The van der Waals surface area contributed by atoms with E-state index in [0.29, 0.717) is 16.9 Å². The SMILES string of the molecule is N#Cc1ccc(COC(=O)c2ccc(Oc3ccc(Cl)cc3[N+](=O)[O-])cc2)cc1. The van der Waals surface area contributed by atoms with Gasteiger partial charge in [-0.1, -0.05) is 23.7 Å². The molecule has 0 radical (unpaired) electrons. The summed E-state index contributed by atoms with van der Waals surface area (Å²) >= 11 is 5.78. The molecule has 7 nitrogen and oxygen atoms in total. The van der Waals surface area contributed by atoms with Crippen LogP contribution in [0.15, 0.2) is 66.7 Å². The summed E-state index contributed by atoms with van der Waals surface area (Å²) in [5, 5.41) is 20.1. The zero-order valence-corrected chi connectivity index (χ0v) is 15.6. The number of halogens is 1. The van der Waals surface area contributed by atoms with Crippen LogP contribution < -0.4 is 4.74 Å². The highest BCUT2D eigenvalue weighted by molar-refractivity contribution is 6.30. The lowest BCUT2D eigenvalue weighted by molar-refractivity contribution is -0.385. The summed E-state index contributed by atoms with van der Waals surface area (Å²) in [6, 6.07) is 18.8. The Kier molecular flexibility index (Phi) is 6.07. The number of carbonyl (C=O) groups is 1. The van der Waals surface area contributed by atoms with E-state index in [1.54, 1.807) is 24.3 Å². The number of hydrogen-bond donors (Lipinski definition) is 0. The van der Waals surface area contributed by atoms with Crippen LogP contribution in [0.3, 0.4) is 0 Å². The first-order chi connectivity index (χ1) is 14.0. The van der Waals surface area contributed by atoms with Crippen molar-refractivity contribution in [3.63, 3.8) is 0 Å². The van der Waals surface area contributed by atoms with Gasteiger partial charge in [-0.2, -0.15) is 5.26 Å². The van der Waals surface area contributed by atoms with E-state index in [0.717, 1.165) is 5.56 Å². The predicted molar refractivity (Wildman–Crippen MR) is 105 cm³/mol. The Morgan fingerprint density at radius 3 is 2.38 bits per heavy atom. The standard InChI is InChI=1S/C21H13ClN2O5/c22-17-7-10-20(19(11-17)24(26)27)29-18-8-5-16(6-9-18)21(25)28-13-15-3-1-14(12-23)2-4-15/h1-11H,13H2. The molecule has 0 aliphatic heterocycles. The van der Waals surface area contributed by atoms with Gasteiger partial charge in [0.05, 0.1) is 22.1 Å². The van der Waals surface area contributed by atoms with Crippen molar-refractivity contribution in [1.82, 2.24) is 0 Å². The molecule has 0 amide bonds. The lowest BCUT2D eigenvalue weighted by Crippen LogP contribution is -2.05. The Labute approximate surface area is 170 Å². The normalized spacial score (nSPS) is 10.1. The van der Waals surface area contributed by atoms with E-state index in [4.69, 9.17) is 26.3 Å². The van der Waals surface area contributed by atoms with E-state index < -0.39 is 10.9 Å². The summed E-state index contributed by atoms with van der Waals surface area (Å²) in [5.41, 5.74) is 1.32. The van der Waals surface area contributed by atoms with E-state index in [-0.39, 0.29) is 23.1 Å². The third kappa shape index (κ3) is 5.09. The van der Waals surface area contributed by atoms with Crippen molar-refractivity contribution in [2.24, 2.45) is 0 Å². The molecule has 0 saturated heterocycles. The summed E-state index contributed by atoms with van der Waals surface area (Å²) in [6.45, 7) is 0.0692. The van der Waals surface area contributed by atoms with Crippen LogP contribution in [0, 0.1) is 21.4 Å². The Morgan fingerprint density at radius 1 is 1.07 bits per heavy atom. The van der Waals surface area contributed by atoms with Gasteiger partial charge in [0.1, 0.15) is 12.4 Å². The highest BCUT2D eigenvalue weighted by Gasteiger charge is 2.17. The second-order valence-electron chi connectivity index (χ2n) is 5.88. The number of nitro benzene ring substituents is 1. The molecule has 3 aromatic rings. The summed E-state index contributed by atoms with van der Waals surface area (Å²) in [7, 11) is 0. The number of nitrogens with zero attached hydrogens (tertiary/aromatic N) is 2. The first kappa shape index (κ1) is 19.9. The van der Waals surface area contributed by atoms with Gasteiger partial charge in [-0.3, -0.25) is 10.1 Å². The fraction of sp³-hybridized carbons (Fsp3) is 0.0476. The van der Waals surface area contributed by atoms with Crippen LogP contribution >= 0.6 is 11.6 Å². The van der Waals surface area contributed by atoms with Crippen LogP contribution in [0.2, 0.25) is 5.02 Å². The minimum absolute atomic E-state index is 0.0375. The van der Waals surface area contributed by atoms with Gasteiger partial charge in [-0.05, 0) is 54.1 Å². The number of esters is 1. The fourth-order valence-electron chi connectivity index (χ4n) is 2.41. The van der Waals surface area contributed by atoms with Crippen LogP contribution in [0.5, 0.6) is 11.5 Å². The van der Waals surface area contributed by atoms with E-state index >= 15 is 0 Å². The number of benzene rings is 3. The van der Waals surface area contributed by atoms with Crippen LogP contribution in [0.25, 0.3) is 0 Å².